The molecule has 7 heteroatoms. The smallest absolute Gasteiger partial charge is 0.157 e. The second kappa shape index (κ2) is 9.30. The number of rotatable bonds is 6. The van der Waals surface area contributed by atoms with E-state index in [1.165, 1.54) is 25.5 Å². The summed E-state index contributed by atoms with van der Waals surface area (Å²) in [7, 11) is 1.69. The van der Waals surface area contributed by atoms with Crippen molar-refractivity contribution < 1.29 is 14.6 Å². The van der Waals surface area contributed by atoms with Crippen LogP contribution in [0, 0.1) is 46.3 Å². The number of aliphatic hydroxyl groups is 1. The van der Waals surface area contributed by atoms with Gasteiger partial charge in [-0.05, 0) is 98.9 Å². The van der Waals surface area contributed by atoms with Crippen LogP contribution >= 0.6 is 0 Å². The van der Waals surface area contributed by atoms with Gasteiger partial charge >= 0.3 is 0 Å². The molecule has 0 saturated heterocycles. The Labute approximate surface area is 203 Å². The van der Waals surface area contributed by atoms with Crippen LogP contribution in [0.2, 0.25) is 0 Å². The van der Waals surface area contributed by atoms with Crippen molar-refractivity contribution in [2.75, 3.05) is 20.3 Å². The van der Waals surface area contributed by atoms with Crippen LogP contribution < -0.4 is 5.43 Å². The zero-order valence-electron chi connectivity index (χ0n) is 20.6. The number of carbonyl (C=O) groups excluding carboxylic acids is 1. The summed E-state index contributed by atoms with van der Waals surface area (Å²) in [5.74, 6) is 3.85. The Morgan fingerprint density at radius 2 is 2.03 bits per heavy atom. The molecule has 4 aliphatic carbocycles. The van der Waals surface area contributed by atoms with Crippen LogP contribution in [-0.2, 0) is 9.53 Å². The molecule has 5 aliphatic rings. The standard InChI is InChI=1S/C27H40N4O3/c1-26-10-7-19-18-8-11-27(33,16-34-2)13-17(18)3-4-20(19)21(26)5-6-22(26)25(32)15-30-31-24-9-12-29-14-23(24)28/h9,12,14,17-22,28,30,33H,3-8,10-11,13,15-16H2,1-2H3/b28-23?,31-24-/t17-,18+,19-,20-,21+,22-,26+,27-/m1/s1. The fraction of sp³-hybridized carbons (Fsp3) is 0.778. The molecule has 5 rings (SSSR count). The molecule has 0 unspecified atom stereocenters. The molecule has 0 amide bonds. The second-order valence-electron chi connectivity index (χ2n) is 11.8. The molecule has 0 aromatic heterocycles. The van der Waals surface area contributed by atoms with Gasteiger partial charge in [-0.1, -0.05) is 6.92 Å². The van der Waals surface area contributed by atoms with Gasteiger partial charge in [-0.3, -0.25) is 15.2 Å². The maximum Gasteiger partial charge on any atom is 0.157 e. The van der Waals surface area contributed by atoms with Crippen LogP contribution in [0.15, 0.2) is 22.4 Å². The maximum absolute atomic E-state index is 13.3. The molecule has 8 atom stereocenters. The van der Waals surface area contributed by atoms with Crippen molar-refractivity contribution in [3.8, 4) is 0 Å². The lowest BCUT2D eigenvalue weighted by molar-refractivity contribution is -0.135. The van der Waals surface area contributed by atoms with Gasteiger partial charge in [0.1, 0.15) is 5.71 Å². The number of hydrogen-bond acceptors (Lipinski definition) is 7. The van der Waals surface area contributed by atoms with Gasteiger partial charge in [0.2, 0.25) is 0 Å². The molecular formula is C27H40N4O3. The largest absolute Gasteiger partial charge is 0.387 e. The monoisotopic (exact) mass is 468 g/mol. The number of ketones is 1. The number of allylic oxidation sites excluding steroid dienone is 1. The highest BCUT2D eigenvalue weighted by molar-refractivity contribution is 6.64. The van der Waals surface area contributed by atoms with Crippen molar-refractivity contribution in [2.24, 2.45) is 51.0 Å². The van der Waals surface area contributed by atoms with Gasteiger partial charge in [0, 0.05) is 19.2 Å². The molecule has 0 aromatic carbocycles. The molecule has 0 spiro atoms. The van der Waals surface area contributed by atoms with Crippen LogP contribution in [0.1, 0.15) is 64.7 Å². The molecule has 1 aliphatic heterocycles. The van der Waals surface area contributed by atoms with Gasteiger partial charge < -0.3 is 15.3 Å². The van der Waals surface area contributed by atoms with Crippen LogP contribution in [0.25, 0.3) is 0 Å². The van der Waals surface area contributed by atoms with Crippen molar-refractivity contribution in [1.29, 1.82) is 5.41 Å². The number of ether oxygens (including phenoxy) is 1. The normalized spacial score (nSPS) is 44.4. The third-order valence-corrected chi connectivity index (χ3v) is 10.2. The minimum atomic E-state index is -0.633. The summed E-state index contributed by atoms with van der Waals surface area (Å²) in [5.41, 5.74) is 3.17. The van der Waals surface area contributed by atoms with Gasteiger partial charge in [0.05, 0.1) is 30.7 Å². The summed E-state index contributed by atoms with van der Waals surface area (Å²) in [4.78, 5) is 17.2. The lowest BCUT2D eigenvalue weighted by Gasteiger charge is -2.57. The third kappa shape index (κ3) is 4.19. The zero-order valence-corrected chi connectivity index (χ0v) is 20.6. The number of fused-ring (bicyclic) bond motifs is 5. The maximum atomic E-state index is 13.3. The van der Waals surface area contributed by atoms with E-state index in [9.17, 15) is 9.90 Å². The molecule has 0 aromatic rings. The van der Waals surface area contributed by atoms with Gasteiger partial charge in [-0.15, -0.1) is 0 Å². The summed E-state index contributed by atoms with van der Waals surface area (Å²) in [5, 5.41) is 23.1. The third-order valence-electron chi connectivity index (χ3n) is 10.2. The second-order valence-corrected chi connectivity index (χ2v) is 11.8. The van der Waals surface area contributed by atoms with Gasteiger partial charge in [-0.25, -0.2) is 0 Å². The molecule has 0 bridgehead atoms. The van der Waals surface area contributed by atoms with Crippen molar-refractivity contribution in [2.45, 2.75) is 70.3 Å². The van der Waals surface area contributed by atoms with Gasteiger partial charge in [-0.2, -0.15) is 5.10 Å². The minimum Gasteiger partial charge on any atom is -0.387 e. The molecule has 4 saturated carbocycles. The van der Waals surface area contributed by atoms with Gasteiger partial charge in [0.15, 0.2) is 5.78 Å². The highest BCUT2D eigenvalue weighted by Crippen LogP contribution is 2.64. The Kier molecular flexibility index (Phi) is 6.53. The number of nitrogens with one attached hydrogen (secondary N) is 2. The number of hydrogen-bond donors (Lipinski definition) is 3. The molecule has 1 heterocycles. The summed E-state index contributed by atoms with van der Waals surface area (Å²) < 4.78 is 5.33. The summed E-state index contributed by atoms with van der Waals surface area (Å²) >= 11 is 0. The number of hydrazone groups is 1. The number of aliphatic imine (C=N–C) groups is 1. The van der Waals surface area contributed by atoms with E-state index in [4.69, 9.17) is 10.1 Å². The van der Waals surface area contributed by atoms with Crippen LogP contribution in [0.5, 0.6) is 0 Å². The minimum absolute atomic E-state index is 0.0927. The SMILES string of the molecule is COC[C@@]1(O)CC[C@H]2[C@H](CC[C@@H]3[C@@H]2CC[C@]2(C)[C@@H](C(=O)CN/N=C4/C=CN=CC4=N)CC[C@@H]32)C1. The Morgan fingerprint density at radius 3 is 2.82 bits per heavy atom. The van der Waals surface area contributed by atoms with E-state index in [-0.39, 0.29) is 29.4 Å². The lowest BCUT2D eigenvalue weighted by Crippen LogP contribution is -2.52. The van der Waals surface area contributed by atoms with Crippen LogP contribution in [-0.4, -0.2) is 54.4 Å². The molecule has 3 N–H and O–H groups in total. The van der Waals surface area contributed by atoms with E-state index < -0.39 is 5.60 Å². The fourth-order valence-corrected chi connectivity index (χ4v) is 8.70. The Hall–Kier alpha value is -1.86. The predicted octanol–water partition coefficient (Wildman–Crippen LogP) is 3.77. The van der Waals surface area contributed by atoms with Crippen molar-refractivity contribution in [1.82, 2.24) is 5.43 Å². The van der Waals surface area contributed by atoms with E-state index >= 15 is 0 Å². The predicted molar refractivity (Wildman–Crippen MR) is 133 cm³/mol. The van der Waals surface area contributed by atoms with E-state index in [2.05, 4.69) is 22.4 Å². The van der Waals surface area contributed by atoms with Crippen molar-refractivity contribution in [3.05, 3.63) is 12.3 Å². The first-order valence-corrected chi connectivity index (χ1v) is 13.2. The zero-order chi connectivity index (χ0) is 23.9. The van der Waals surface area contributed by atoms with Crippen LogP contribution in [0.4, 0.5) is 0 Å². The Balaban J connectivity index is 1.22. The highest BCUT2D eigenvalue weighted by atomic mass is 16.5. The molecule has 4 fully saturated rings. The first-order chi connectivity index (χ1) is 16.3. The molecule has 0 radical (unpaired) electrons. The topological polar surface area (TPSA) is 107 Å². The van der Waals surface area contributed by atoms with E-state index in [1.54, 1.807) is 19.4 Å². The number of Topliss-reactive ketones (excluding diaryl/α,β-unsaturated/α-hetero) is 1. The Bertz CT molecular complexity index is 914. The van der Waals surface area contributed by atoms with E-state index in [0.717, 1.165) is 56.3 Å². The quantitative estimate of drug-likeness (QED) is 0.516. The average Bonchev–Trinajstić information content (AvgIpc) is 3.17. The summed E-state index contributed by atoms with van der Waals surface area (Å²) in [6.45, 7) is 3.07. The van der Waals surface area contributed by atoms with Gasteiger partial charge in [0.25, 0.3) is 0 Å². The van der Waals surface area contributed by atoms with Crippen LogP contribution in [0.3, 0.4) is 0 Å². The molecule has 34 heavy (non-hydrogen) atoms. The number of carbonyl (C=O) groups is 1. The average molecular weight is 469 g/mol. The highest BCUT2D eigenvalue weighted by Gasteiger charge is 2.58. The number of nitrogens with zero attached hydrogens (tertiary/aromatic N) is 2. The van der Waals surface area contributed by atoms with E-state index in [1.807, 2.05) is 0 Å². The summed E-state index contributed by atoms with van der Waals surface area (Å²) in [6.07, 6.45) is 14.6. The Morgan fingerprint density at radius 1 is 1.21 bits per heavy atom. The lowest BCUT2D eigenvalue weighted by atomic mass is 9.49. The molecule has 7 nitrogen and oxygen atoms in total. The first-order valence-electron chi connectivity index (χ1n) is 13.2. The summed E-state index contributed by atoms with van der Waals surface area (Å²) in [6, 6.07) is 0. The van der Waals surface area contributed by atoms with Crippen molar-refractivity contribution in [3.63, 3.8) is 0 Å². The van der Waals surface area contributed by atoms with E-state index in [0.29, 0.717) is 24.2 Å². The first kappa shape index (κ1) is 23.9. The fourth-order valence-electron chi connectivity index (χ4n) is 8.70. The number of methoxy groups -OCH3 is 1. The molecular weight excluding hydrogens is 428 g/mol. The van der Waals surface area contributed by atoms with Crippen molar-refractivity contribution >= 4 is 23.4 Å². The molecule has 186 valence electrons.